The zero-order valence-corrected chi connectivity index (χ0v) is 11.6. The summed E-state index contributed by atoms with van der Waals surface area (Å²) in [6.07, 6.45) is 9.23. The van der Waals surface area contributed by atoms with Gasteiger partial charge in [0.25, 0.3) is 0 Å². The van der Waals surface area contributed by atoms with E-state index in [2.05, 4.69) is 23.3 Å². The Balaban J connectivity index is 1.73. The van der Waals surface area contributed by atoms with Crippen molar-refractivity contribution in [2.45, 2.75) is 32.1 Å². The largest absolute Gasteiger partial charge is 0.316 e. The van der Waals surface area contributed by atoms with Gasteiger partial charge in [0.2, 0.25) is 0 Å². The van der Waals surface area contributed by atoms with Crippen molar-refractivity contribution in [3.8, 4) is 0 Å². The molecule has 0 spiro atoms. The first-order valence-electron chi connectivity index (χ1n) is 6.21. The second-order valence-corrected chi connectivity index (χ2v) is 6.48. The van der Waals surface area contributed by atoms with Gasteiger partial charge in [-0.2, -0.15) is 23.5 Å². The van der Waals surface area contributed by atoms with E-state index in [1.807, 2.05) is 11.8 Å². The minimum Gasteiger partial charge on any atom is -0.316 e. The lowest BCUT2D eigenvalue weighted by Crippen LogP contribution is -2.23. The van der Waals surface area contributed by atoms with E-state index in [-0.39, 0.29) is 0 Å². The van der Waals surface area contributed by atoms with Gasteiger partial charge >= 0.3 is 0 Å². The van der Waals surface area contributed by atoms with Crippen LogP contribution in [0, 0.1) is 5.92 Å². The van der Waals surface area contributed by atoms with Crippen LogP contribution in [0.1, 0.15) is 32.1 Å². The molecule has 1 atom stereocenters. The standard InChI is InChI=1S/C12H25NS2/c1-14-8-5-3-2-4-7-13-10-12-6-9-15-11-12/h12-13H,2-11H2,1H3. The monoisotopic (exact) mass is 247 g/mol. The maximum Gasteiger partial charge on any atom is -0.00123 e. The van der Waals surface area contributed by atoms with Gasteiger partial charge in [0.15, 0.2) is 0 Å². The lowest BCUT2D eigenvalue weighted by molar-refractivity contribution is 0.508. The third-order valence-corrected chi connectivity index (χ3v) is 4.84. The van der Waals surface area contributed by atoms with E-state index >= 15 is 0 Å². The average molecular weight is 247 g/mol. The van der Waals surface area contributed by atoms with Gasteiger partial charge in [-0.25, -0.2) is 0 Å². The molecule has 1 heterocycles. The molecular formula is C12H25NS2. The lowest BCUT2D eigenvalue weighted by atomic mass is 10.1. The second kappa shape index (κ2) is 9.86. The van der Waals surface area contributed by atoms with E-state index in [4.69, 9.17) is 0 Å². The van der Waals surface area contributed by atoms with E-state index < -0.39 is 0 Å². The highest BCUT2D eigenvalue weighted by Gasteiger charge is 2.13. The Labute approximate surface area is 104 Å². The van der Waals surface area contributed by atoms with Gasteiger partial charge in [-0.3, -0.25) is 0 Å². The minimum absolute atomic E-state index is 0.964. The van der Waals surface area contributed by atoms with Crippen LogP contribution >= 0.6 is 23.5 Å². The molecule has 0 radical (unpaired) electrons. The van der Waals surface area contributed by atoms with Crippen molar-refractivity contribution in [1.82, 2.24) is 5.32 Å². The third kappa shape index (κ3) is 7.53. The van der Waals surface area contributed by atoms with Crippen LogP contribution in [0.5, 0.6) is 0 Å². The highest BCUT2D eigenvalue weighted by atomic mass is 32.2. The summed E-state index contributed by atoms with van der Waals surface area (Å²) in [6.45, 7) is 2.50. The number of unbranched alkanes of at least 4 members (excludes halogenated alkanes) is 3. The van der Waals surface area contributed by atoms with E-state index in [0.717, 1.165) is 5.92 Å². The first-order valence-corrected chi connectivity index (χ1v) is 8.75. The maximum atomic E-state index is 3.60. The topological polar surface area (TPSA) is 12.0 Å². The molecule has 1 aliphatic heterocycles. The Hall–Kier alpha value is 0.660. The normalized spacial score (nSPS) is 21.0. The first-order chi connectivity index (χ1) is 7.43. The van der Waals surface area contributed by atoms with Gasteiger partial charge in [0, 0.05) is 0 Å². The molecule has 0 saturated carbocycles. The first kappa shape index (κ1) is 13.7. The highest BCUT2D eigenvalue weighted by molar-refractivity contribution is 7.99. The second-order valence-electron chi connectivity index (χ2n) is 4.34. The van der Waals surface area contributed by atoms with Crippen LogP contribution in [0.15, 0.2) is 0 Å². The molecule has 1 fully saturated rings. The van der Waals surface area contributed by atoms with E-state index in [0.29, 0.717) is 0 Å². The third-order valence-electron chi connectivity index (χ3n) is 2.91. The number of hydrogen-bond acceptors (Lipinski definition) is 3. The zero-order chi connectivity index (χ0) is 10.8. The highest BCUT2D eigenvalue weighted by Crippen LogP contribution is 2.22. The van der Waals surface area contributed by atoms with Crippen molar-refractivity contribution in [3.63, 3.8) is 0 Å². The number of thioether (sulfide) groups is 2. The fraction of sp³-hybridized carbons (Fsp3) is 1.00. The van der Waals surface area contributed by atoms with Crippen LogP contribution in [-0.2, 0) is 0 Å². The fourth-order valence-corrected chi connectivity index (χ4v) is 3.68. The van der Waals surface area contributed by atoms with Crippen molar-refractivity contribution in [1.29, 1.82) is 0 Å². The molecule has 0 aromatic heterocycles. The summed E-state index contributed by atoms with van der Waals surface area (Å²) in [6, 6.07) is 0. The smallest absolute Gasteiger partial charge is 0.00123 e. The molecule has 0 aromatic carbocycles. The molecule has 1 rings (SSSR count). The molecule has 15 heavy (non-hydrogen) atoms. The van der Waals surface area contributed by atoms with Gasteiger partial charge < -0.3 is 5.32 Å². The molecule has 1 N–H and O–H groups in total. The van der Waals surface area contributed by atoms with E-state index in [1.165, 1.54) is 62.5 Å². The van der Waals surface area contributed by atoms with Crippen molar-refractivity contribution >= 4 is 23.5 Å². The summed E-state index contributed by atoms with van der Waals surface area (Å²) >= 11 is 4.09. The maximum absolute atomic E-state index is 3.60. The Morgan fingerprint density at radius 1 is 1.27 bits per heavy atom. The minimum atomic E-state index is 0.964. The summed E-state index contributed by atoms with van der Waals surface area (Å²) in [5, 5.41) is 3.60. The lowest BCUT2D eigenvalue weighted by Gasteiger charge is -2.09. The molecule has 1 nitrogen and oxygen atoms in total. The van der Waals surface area contributed by atoms with Gasteiger partial charge in [-0.05, 0) is 61.8 Å². The van der Waals surface area contributed by atoms with Gasteiger partial charge in [0.1, 0.15) is 0 Å². The van der Waals surface area contributed by atoms with Gasteiger partial charge in [0.05, 0.1) is 0 Å². The summed E-state index contributed by atoms with van der Waals surface area (Å²) in [5.41, 5.74) is 0. The quantitative estimate of drug-likeness (QED) is 0.628. The molecule has 0 aromatic rings. The van der Waals surface area contributed by atoms with Gasteiger partial charge in [-0.15, -0.1) is 0 Å². The Kier molecular flexibility index (Phi) is 9.02. The van der Waals surface area contributed by atoms with Crippen molar-refractivity contribution in [2.75, 3.05) is 36.6 Å². The Morgan fingerprint density at radius 3 is 2.87 bits per heavy atom. The fourth-order valence-electron chi connectivity index (χ4n) is 1.90. The Bertz CT molecular complexity index is 136. The molecule has 90 valence electrons. The Morgan fingerprint density at radius 2 is 2.13 bits per heavy atom. The zero-order valence-electron chi connectivity index (χ0n) is 9.96. The summed E-state index contributed by atoms with van der Waals surface area (Å²) in [4.78, 5) is 0. The number of rotatable bonds is 9. The SMILES string of the molecule is CSCCCCCCNCC1CCSC1. The van der Waals surface area contributed by atoms with Crippen LogP contribution in [0.3, 0.4) is 0 Å². The molecule has 3 heteroatoms. The van der Waals surface area contributed by atoms with Crippen LogP contribution in [0.4, 0.5) is 0 Å². The van der Waals surface area contributed by atoms with Crippen LogP contribution in [0.25, 0.3) is 0 Å². The summed E-state index contributed by atoms with van der Waals surface area (Å²) in [5.74, 6) is 5.08. The molecule has 1 saturated heterocycles. The van der Waals surface area contributed by atoms with E-state index in [1.54, 1.807) is 0 Å². The summed E-state index contributed by atoms with van der Waals surface area (Å²) < 4.78 is 0. The molecule has 1 unspecified atom stereocenters. The van der Waals surface area contributed by atoms with Crippen molar-refractivity contribution < 1.29 is 0 Å². The van der Waals surface area contributed by atoms with Gasteiger partial charge in [-0.1, -0.05) is 12.8 Å². The van der Waals surface area contributed by atoms with Crippen LogP contribution < -0.4 is 5.32 Å². The number of nitrogens with one attached hydrogen (secondary N) is 1. The van der Waals surface area contributed by atoms with Crippen LogP contribution in [-0.4, -0.2) is 36.6 Å². The van der Waals surface area contributed by atoms with E-state index in [9.17, 15) is 0 Å². The average Bonchev–Trinajstić information content (AvgIpc) is 2.75. The summed E-state index contributed by atoms with van der Waals surface area (Å²) in [7, 11) is 0. The number of hydrogen-bond donors (Lipinski definition) is 1. The molecule has 1 aliphatic rings. The predicted octanol–water partition coefficient (Wildman–Crippen LogP) is 3.25. The van der Waals surface area contributed by atoms with Crippen molar-refractivity contribution in [2.24, 2.45) is 5.92 Å². The molecular weight excluding hydrogens is 222 g/mol. The van der Waals surface area contributed by atoms with Crippen molar-refractivity contribution in [3.05, 3.63) is 0 Å². The molecule has 0 amide bonds. The molecule has 0 bridgehead atoms. The van der Waals surface area contributed by atoms with Crippen LogP contribution in [0.2, 0.25) is 0 Å². The predicted molar refractivity (Wildman–Crippen MR) is 75.2 cm³/mol. The molecule has 0 aliphatic carbocycles.